The summed E-state index contributed by atoms with van der Waals surface area (Å²) in [5, 5.41) is 3.64. The predicted octanol–water partition coefficient (Wildman–Crippen LogP) is 2.33. The van der Waals surface area contributed by atoms with Gasteiger partial charge in [-0.15, -0.1) is 0 Å². The van der Waals surface area contributed by atoms with Gasteiger partial charge in [0, 0.05) is 24.2 Å². The zero-order chi connectivity index (χ0) is 15.4. The maximum Gasteiger partial charge on any atom is 0.237 e. The number of carbonyl (C=O) groups excluding carboxylic acids is 1. The number of nitrogens with two attached hydrogens (primary N) is 1. The molecule has 0 aromatic heterocycles. The topological polar surface area (TPSA) is 58.4 Å². The van der Waals surface area contributed by atoms with Gasteiger partial charge in [-0.25, -0.2) is 0 Å². The van der Waals surface area contributed by atoms with E-state index in [4.69, 9.17) is 17.3 Å². The third kappa shape index (κ3) is 3.57. The van der Waals surface area contributed by atoms with E-state index in [9.17, 15) is 4.79 Å². The van der Waals surface area contributed by atoms with Crippen LogP contribution >= 0.6 is 11.6 Å². The average Bonchev–Trinajstić information content (AvgIpc) is 2.47. The third-order valence-electron chi connectivity index (χ3n) is 4.18. The molecule has 116 valence electrons. The summed E-state index contributed by atoms with van der Waals surface area (Å²) in [5.41, 5.74) is 7.46. The molecule has 1 fully saturated rings. The molecule has 21 heavy (non-hydrogen) atoms. The van der Waals surface area contributed by atoms with Crippen LogP contribution in [0.5, 0.6) is 0 Å². The molecular formula is C16H24ClN3O. The summed E-state index contributed by atoms with van der Waals surface area (Å²) in [7, 11) is 0. The summed E-state index contributed by atoms with van der Waals surface area (Å²) >= 11 is 6.14. The standard InChI is InChI=1S/C16H24ClN3O/c1-3-13(18)15(11-6-5-7-12(17)10-11)20-9-8-19-16(21)14(20)4-2/h5-7,10,13-15H,3-4,8-9,18H2,1-2H3,(H,19,21). The van der Waals surface area contributed by atoms with Gasteiger partial charge < -0.3 is 11.1 Å². The van der Waals surface area contributed by atoms with Crippen LogP contribution in [0.4, 0.5) is 0 Å². The Bertz CT molecular complexity index is 494. The lowest BCUT2D eigenvalue weighted by Gasteiger charge is -2.42. The fraction of sp³-hybridized carbons (Fsp3) is 0.562. The third-order valence-corrected chi connectivity index (χ3v) is 4.42. The first-order valence-corrected chi connectivity index (χ1v) is 8.00. The van der Waals surface area contributed by atoms with Crippen LogP contribution in [-0.4, -0.2) is 36.0 Å². The molecule has 1 heterocycles. The number of rotatable bonds is 5. The van der Waals surface area contributed by atoms with Gasteiger partial charge in [0.15, 0.2) is 0 Å². The molecule has 1 aliphatic rings. The minimum absolute atomic E-state index is 0.0182. The smallest absolute Gasteiger partial charge is 0.237 e. The van der Waals surface area contributed by atoms with Crippen LogP contribution in [0.3, 0.4) is 0 Å². The number of hydrogen-bond acceptors (Lipinski definition) is 3. The van der Waals surface area contributed by atoms with Crippen molar-refractivity contribution in [1.82, 2.24) is 10.2 Å². The molecule has 5 heteroatoms. The van der Waals surface area contributed by atoms with Gasteiger partial charge in [0.2, 0.25) is 5.91 Å². The molecule has 1 aromatic carbocycles. The monoisotopic (exact) mass is 309 g/mol. The van der Waals surface area contributed by atoms with Crippen molar-refractivity contribution in [3.63, 3.8) is 0 Å². The van der Waals surface area contributed by atoms with E-state index in [2.05, 4.69) is 17.1 Å². The van der Waals surface area contributed by atoms with Gasteiger partial charge in [0.25, 0.3) is 0 Å². The van der Waals surface area contributed by atoms with Gasteiger partial charge in [-0.3, -0.25) is 9.69 Å². The lowest BCUT2D eigenvalue weighted by atomic mass is 9.93. The number of benzene rings is 1. The van der Waals surface area contributed by atoms with E-state index in [0.29, 0.717) is 11.6 Å². The predicted molar refractivity (Wildman–Crippen MR) is 86.3 cm³/mol. The molecule has 3 unspecified atom stereocenters. The Morgan fingerprint density at radius 1 is 1.48 bits per heavy atom. The zero-order valence-corrected chi connectivity index (χ0v) is 13.4. The molecule has 0 bridgehead atoms. The minimum atomic E-state index is -0.125. The number of nitrogens with zero attached hydrogens (tertiary/aromatic N) is 1. The number of piperazine rings is 1. The molecule has 0 spiro atoms. The first kappa shape index (κ1) is 16.3. The van der Waals surface area contributed by atoms with Crippen molar-refractivity contribution < 1.29 is 4.79 Å². The summed E-state index contributed by atoms with van der Waals surface area (Å²) < 4.78 is 0. The Morgan fingerprint density at radius 3 is 2.86 bits per heavy atom. The fourth-order valence-corrected chi connectivity index (χ4v) is 3.28. The van der Waals surface area contributed by atoms with Gasteiger partial charge in [-0.1, -0.05) is 37.6 Å². The van der Waals surface area contributed by atoms with E-state index in [1.807, 2.05) is 31.2 Å². The van der Waals surface area contributed by atoms with Crippen LogP contribution in [-0.2, 0) is 4.79 Å². The van der Waals surface area contributed by atoms with Crippen molar-refractivity contribution in [2.75, 3.05) is 13.1 Å². The lowest BCUT2D eigenvalue weighted by Crippen LogP contribution is -2.58. The van der Waals surface area contributed by atoms with E-state index < -0.39 is 0 Å². The second-order valence-corrected chi connectivity index (χ2v) is 5.96. The van der Waals surface area contributed by atoms with Gasteiger partial charge in [-0.05, 0) is 30.5 Å². The van der Waals surface area contributed by atoms with Gasteiger partial charge >= 0.3 is 0 Å². The maximum atomic E-state index is 12.1. The van der Waals surface area contributed by atoms with E-state index in [0.717, 1.165) is 24.9 Å². The Kier molecular flexibility index (Phi) is 5.62. The zero-order valence-electron chi connectivity index (χ0n) is 12.7. The fourth-order valence-electron chi connectivity index (χ4n) is 3.08. The first-order valence-electron chi connectivity index (χ1n) is 7.63. The Labute approximate surface area is 131 Å². The SMILES string of the molecule is CCC(N)C(c1cccc(Cl)c1)N1CCNC(=O)C1CC. The van der Waals surface area contributed by atoms with Crippen LogP contribution < -0.4 is 11.1 Å². The summed E-state index contributed by atoms with van der Waals surface area (Å²) in [4.78, 5) is 14.4. The van der Waals surface area contributed by atoms with Gasteiger partial charge in [-0.2, -0.15) is 0 Å². The van der Waals surface area contributed by atoms with Crippen molar-refractivity contribution in [3.05, 3.63) is 34.9 Å². The van der Waals surface area contributed by atoms with Crippen molar-refractivity contribution in [2.45, 2.75) is 44.8 Å². The van der Waals surface area contributed by atoms with E-state index in [1.165, 1.54) is 0 Å². The van der Waals surface area contributed by atoms with Crippen molar-refractivity contribution in [1.29, 1.82) is 0 Å². The highest BCUT2D eigenvalue weighted by Gasteiger charge is 2.36. The van der Waals surface area contributed by atoms with Gasteiger partial charge in [0.1, 0.15) is 0 Å². The van der Waals surface area contributed by atoms with E-state index >= 15 is 0 Å². The van der Waals surface area contributed by atoms with Crippen LogP contribution in [0.1, 0.15) is 38.3 Å². The quantitative estimate of drug-likeness (QED) is 0.877. The number of halogens is 1. The van der Waals surface area contributed by atoms with Crippen molar-refractivity contribution in [2.24, 2.45) is 5.73 Å². The lowest BCUT2D eigenvalue weighted by molar-refractivity contribution is -0.130. The molecule has 3 N–H and O–H groups in total. The average molecular weight is 310 g/mol. The summed E-state index contributed by atoms with van der Waals surface area (Å²) in [6.45, 7) is 5.60. The largest absolute Gasteiger partial charge is 0.353 e. The maximum absolute atomic E-state index is 12.1. The Morgan fingerprint density at radius 2 is 2.24 bits per heavy atom. The number of amides is 1. The van der Waals surface area contributed by atoms with E-state index in [-0.39, 0.29) is 24.0 Å². The van der Waals surface area contributed by atoms with Gasteiger partial charge in [0.05, 0.1) is 12.1 Å². The molecule has 1 aliphatic heterocycles. The molecule has 3 atom stereocenters. The Balaban J connectivity index is 2.37. The number of carbonyl (C=O) groups is 1. The molecular weight excluding hydrogens is 286 g/mol. The number of nitrogens with one attached hydrogen (secondary N) is 1. The molecule has 2 rings (SSSR count). The van der Waals surface area contributed by atoms with Crippen molar-refractivity contribution in [3.8, 4) is 0 Å². The van der Waals surface area contributed by atoms with Crippen LogP contribution in [0.15, 0.2) is 24.3 Å². The summed E-state index contributed by atoms with van der Waals surface area (Å²) in [6, 6.07) is 7.68. The highest BCUT2D eigenvalue weighted by molar-refractivity contribution is 6.30. The van der Waals surface area contributed by atoms with Crippen LogP contribution in [0.2, 0.25) is 5.02 Å². The second kappa shape index (κ2) is 7.25. The molecule has 1 aromatic rings. The molecule has 1 saturated heterocycles. The van der Waals surface area contributed by atoms with Crippen LogP contribution in [0.25, 0.3) is 0 Å². The molecule has 0 aliphatic carbocycles. The normalized spacial score (nSPS) is 22.7. The molecule has 4 nitrogen and oxygen atoms in total. The highest BCUT2D eigenvalue weighted by atomic mass is 35.5. The van der Waals surface area contributed by atoms with E-state index in [1.54, 1.807) is 0 Å². The molecule has 1 amide bonds. The van der Waals surface area contributed by atoms with Crippen LogP contribution in [0, 0.1) is 0 Å². The Hall–Kier alpha value is -1.10. The molecule has 0 saturated carbocycles. The summed E-state index contributed by atoms with van der Waals surface area (Å²) in [6.07, 6.45) is 1.63. The minimum Gasteiger partial charge on any atom is -0.353 e. The molecule has 0 radical (unpaired) electrons. The number of hydrogen-bond donors (Lipinski definition) is 2. The van der Waals surface area contributed by atoms with Crippen molar-refractivity contribution >= 4 is 17.5 Å². The summed E-state index contributed by atoms with van der Waals surface area (Å²) in [5.74, 6) is 0.0964. The highest BCUT2D eigenvalue weighted by Crippen LogP contribution is 2.30. The second-order valence-electron chi connectivity index (χ2n) is 5.52. The first-order chi connectivity index (χ1) is 10.1.